The number of benzene rings is 2. The number of hydrogen-bond acceptors (Lipinski definition) is 3. The van der Waals surface area contributed by atoms with Crippen LogP contribution in [0.15, 0.2) is 60.3 Å². The van der Waals surface area contributed by atoms with Gasteiger partial charge in [0, 0.05) is 27.9 Å². The Morgan fingerprint density at radius 2 is 2.00 bits per heavy atom. The Balaban J connectivity index is 1.87. The van der Waals surface area contributed by atoms with Gasteiger partial charge in [-0.25, -0.2) is 4.39 Å². The summed E-state index contributed by atoms with van der Waals surface area (Å²) in [5, 5.41) is 10.3. The monoisotopic (exact) mass is 393 g/mol. The summed E-state index contributed by atoms with van der Waals surface area (Å²) in [5.74, 6) is 0.927. The maximum Gasteiger partial charge on any atom is 0.192 e. The van der Waals surface area contributed by atoms with Crippen molar-refractivity contribution in [1.82, 2.24) is 14.8 Å². The number of nitrogens with zero attached hydrogens (tertiary/aromatic N) is 3. The quantitative estimate of drug-likeness (QED) is 0.387. The highest BCUT2D eigenvalue weighted by Gasteiger charge is 2.14. The second-order valence-electron chi connectivity index (χ2n) is 5.24. The Morgan fingerprint density at radius 3 is 2.72 bits per heavy atom. The Hall–Kier alpha value is -1.82. The molecule has 1 aromatic heterocycles. The Bertz CT molecular complexity index is 911. The molecule has 0 bridgehead atoms. The molecule has 0 amide bonds. The second-order valence-corrected chi connectivity index (χ2v) is 7.03. The lowest BCUT2D eigenvalue weighted by molar-refractivity contribution is 0.627. The van der Waals surface area contributed by atoms with Gasteiger partial charge in [0.2, 0.25) is 0 Å². The van der Waals surface area contributed by atoms with E-state index >= 15 is 0 Å². The third-order valence-electron chi connectivity index (χ3n) is 3.48. The van der Waals surface area contributed by atoms with Crippen molar-refractivity contribution in [2.45, 2.75) is 17.5 Å². The molecule has 0 unspecified atom stereocenters. The van der Waals surface area contributed by atoms with Gasteiger partial charge in [-0.05, 0) is 29.8 Å². The summed E-state index contributed by atoms with van der Waals surface area (Å²) in [6.45, 7) is 4.36. The summed E-state index contributed by atoms with van der Waals surface area (Å²) in [4.78, 5) is 0. The molecule has 7 heteroatoms. The first-order valence-electron chi connectivity index (χ1n) is 7.45. The van der Waals surface area contributed by atoms with Gasteiger partial charge in [-0.15, -0.1) is 16.8 Å². The fourth-order valence-corrected chi connectivity index (χ4v) is 3.77. The number of allylic oxidation sites excluding steroid dienone is 1. The van der Waals surface area contributed by atoms with E-state index in [4.69, 9.17) is 23.2 Å². The average Bonchev–Trinajstić information content (AvgIpc) is 2.97. The van der Waals surface area contributed by atoms with Crippen molar-refractivity contribution in [3.63, 3.8) is 0 Å². The number of halogens is 3. The van der Waals surface area contributed by atoms with E-state index in [1.165, 1.54) is 23.9 Å². The van der Waals surface area contributed by atoms with Crippen LogP contribution in [0.2, 0.25) is 10.0 Å². The first-order chi connectivity index (χ1) is 12.1. The molecule has 0 saturated heterocycles. The van der Waals surface area contributed by atoms with Crippen LogP contribution in [0.3, 0.4) is 0 Å². The first kappa shape index (κ1) is 18.0. The fraction of sp³-hybridized carbons (Fsp3) is 0.111. The van der Waals surface area contributed by atoms with E-state index in [1.807, 2.05) is 28.8 Å². The van der Waals surface area contributed by atoms with Crippen molar-refractivity contribution in [1.29, 1.82) is 0 Å². The van der Waals surface area contributed by atoms with Crippen molar-refractivity contribution < 1.29 is 4.39 Å². The van der Waals surface area contributed by atoms with Crippen LogP contribution in [0.4, 0.5) is 4.39 Å². The summed E-state index contributed by atoms with van der Waals surface area (Å²) in [6.07, 6.45) is 1.78. The summed E-state index contributed by atoms with van der Waals surface area (Å²) < 4.78 is 15.1. The highest BCUT2D eigenvalue weighted by atomic mass is 35.5. The minimum Gasteiger partial charge on any atom is -0.298 e. The van der Waals surface area contributed by atoms with Crippen LogP contribution in [-0.4, -0.2) is 14.8 Å². The lowest BCUT2D eigenvalue weighted by Crippen LogP contribution is -2.00. The molecule has 25 heavy (non-hydrogen) atoms. The van der Waals surface area contributed by atoms with Gasteiger partial charge in [0.25, 0.3) is 0 Å². The lowest BCUT2D eigenvalue weighted by Gasteiger charge is -2.08. The molecule has 0 N–H and O–H groups in total. The highest BCUT2D eigenvalue weighted by Crippen LogP contribution is 2.29. The predicted octanol–water partition coefficient (Wildman–Crippen LogP) is 5.87. The van der Waals surface area contributed by atoms with Crippen molar-refractivity contribution in [3.05, 3.63) is 76.5 Å². The topological polar surface area (TPSA) is 30.7 Å². The summed E-state index contributed by atoms with van der Waals surface area (Å²) in [6, 6.07) is 11.8. The van der Waals surface area contributed by atoms with E-state index in [1.54, 1.807) is 12.1 Å². The smallest absolute Gasteiger partial charge is 0.192 e. The van der Waals surface area contributed by atoms with E-state index in [-0.39, 0.29) is 5.82 Å². The Morgan fingerprint density at radius 1 is 1.16 bits per heavy atom. The SMILES string of the molecule is C=CCn1c(SCc2ccc(F)cc2Cl)nnc1-c1cccc(Cl)c1. The van der Waals surface area contributed by atoms with Gasteiger partial charge in [-0.3, -0.25) is 4.57 Å². The summed E-state index contributed by atoms with van der Waals surface area (Å²) >= 11 is 13.6. The normalized spacial score (nSPS) is 10.8. The first-order valence-corrected chi connectivity index (χ1v) is 9.19. The maximum absolute atomic E-state index is 13.2. The highest BCUT2D eigenvalue weighted by molar-refractivity contribution is 7.98. The molecular formula is C18H14Cl2FN3S. The zero-order valence-electron chi connectivity index (χ0n) is 13.1. The third-order valence-corrected chi connectivity index (χ3v) is 5.09. The Kier molecular flexibility index (Phi) is 5.78. The third kappa shape index (κ3) is 4.24. The van der Waals surface area contributed by atoms with Crippen LogP contribution in [0.5, 0.6) is 0 Å². The molecule has 1 heterocycles. The van der Waals surface area contributed by atoms with Gasteiger partial charge in [-0.2, -0.15) is 0 Å². The summed E-state index contributed by atoms with van der Waals surface area (Å²) in [7, 11) is 0. The van der Waals surface area contributed by atoms with Gasteiger partial charge < -0.3 is 0 Å². The van der Waals surface area contributed by atoms with Crippen LogP contribution in [0.25, 0.3) is 11.4 Å². The number of rotatable bonds is 6. The number of aromatic nitrogens is 3. The van der Waals surface area contributed by atoms with Crippen LogP contribution in [-0.2, 0) is 12.3 Å². The average molecular weight is 394 g/mol. The van der Waals surface area contributed by atoms with Crippen molar-refractivity contribution in [2.24, 2.45) is 0 Å². The zero-order chi connectivity index (χ0) is 17.8. The lowest BCUT2D eigenvalue weighted by atomic mass is 10.2. The molecule has 2 aromatic carbocycles. The number of hydrogen-bond donors (Lipinski definition) is 0. The van der Waals surface area contributed by atoms with Crippen LogP contribution in [0, 0.1) is 5.82 Å². The molecule has 0 atom stereocenters. The molecule has 0 fully saturated rings. The van der Waals surface area contributed by atoms with E-state index in [0.717, 1.165) is 22.1 Å². The summed E-state index contributed by atoms with van der Waals surface area (Å²) in [5.41, 5.74) is 1.72. The van der Waals surface area contributed by atoms with Gasteiger partial charge in [0.05, 0.1) is 0 Å². The molecule has 3 rings (SSSR count). The van der Waals surface area contributed by atoms with Crippen molar-refractivity contribution >= 4 is 35.0 Å². The van der Waals surface area contributed by atoms with Crippen molar-refractivity contribution in [2.75, 3.05) is 0 Å². The van der Waals surface area contributed by atoms with Gasteiger partial charge in [0.15, 0.2) is 11.0 Å². The van der Waals surface area contributed by atoms with Gasteiger partial charge in [0.1, 0.15) is 5.82 Å². The van der Waals surface area contributed by atoms with E-state index in [0.29, 0.717) is 22.3 Å². The van der Waals surface area contributed by atoms with Crippen LogP contribution < -0.4 is 0 Å². The van der Waals surface area contributed by atoms with Crippen LogP contribution in [0.1, 0.15) is 5.56 Å². The maximum atomic E-state index is 13.2. The van der Waals surface area contributed by atoms with E-state index < -0.39 is 0 Å². The van der Waals surface area contributed by atoms with Gasteiger partial charge >= 0.3 is 0 Å². The molecule has 3 nitrogen and oxygen atoms in total. The molecular weight excluding hydrogens is 380 g/mol. The molecule has 0 saturated carbocycles. The Labute approximate surface area is 159 Å². The largest absolute Gasteiger partial charge is 0.298 e. The van der Waals surface area contributed by atoms with Gasteiger partial charge in [-0.1, -0.05) is 59.2 Å². The number of thioether (sulfide) groups is 1. The molecule has 0 aliphatic rings. The van der Waals surface area contributed by atoms with Crippen molar-refractivity contribution in [3.8, 4) is 11.4 Å². The molecule has 0 aliphatic heterocycles. The minimum atomic E-state index is -0.350. The predicted molar refractivity (Wildman–Crippen MR) is 102 cm³/mol. The molecule has 0 radical (unpaired) electrons. The fourth-order valence-electron chi connectivity index (χ4n) is 2.31. The molecule has 0 spiro atoms. The standard InChI is InChI=1S/C18H14Cl2FN3S/c1-2-8-24-17(12-4-3-5-14(19)9-12)22-23-18(24)25-11-13-6-7-15(21)10-16(13)20/h2-7,9-10H,1,8,11H2. The minimum absolute atomic E-state index is 0.350. The van der Waals surface area contributed by atoms with Crippen LogP contribution >= 0.6 is 35.0 Å². The van der Waals surface area contributed by atoms with E-state index in [9.17, 15) is 4.39 Å². The zero-order valence-corrected chi connectivity index (χ0v) is 15.5. The molecule has 128 valence electrons. The van der Waals surface area contributed by atoms with E-state index in [2.05, 4.69) is 16.8 Å². The molecule has 3 aromatic rings. The molecule has 0 aliphatic carbocycles. The second kappa shape index (κ2) is 8.04.